The molecule has 0 saturated carbocycles. The molecule has 1 aliphatic heterocycles. The molecule has 3 rings (SSSR count). The van der Waals surface area contributed by atoms with Gasteiger partial charge in [0, 0.05) is 16.8 Å². The van der Waals surface area contributed by atoms with Crippen molar-refractivity contribution in [3.8, 4) is 17.2 Å². The van der Waals surface area contributed by atoms with E-state index in [9.17, 15) is 9.50 Å². The highest BCUT2D eigenvalue weighted by Gasteiger charge is 2.29. The minimum absolute atomic E-state index is 0.0691. The number of hydrogen-bond donors (Lipinski definition) is 1. The van der Waals surface area contributed by atoms with E-state index in [0.29, 0.717) is 11.1 Å². The fraction of sp³-hybridized carbons (Fsp3) is 0.385. The molecule has 106 valence electrons. The Balaban J connectivity index is 1.91. The number of rotatable bonds is 2. The van der Waals surface area contributed by atoms with E-state index in [-0.39, 0.29) is 22.5 Å². The molecule has 1 aromatic carbocycles. The van der Waals surface area contributed by atoms with Gasteiger partial charge in [-0.15, -0.1) is 11.8 Å². The number of aromatic hydroxyl groups is 1. The van der Waals surface area contributed by atoms with Crippen LogP contribution in [-0.4, -0.2) is 32.0 Å². The highest BCUT2D eigenvalue weighted by Crippen LogP contribution is 2.42. The van der Waals surface area contributed by atoms with Crippen LogP contribution in [0, 0.1) is 5.82 Å². The van der Waals surface area contributed by atoms with Crippen LogP contribution in [0.15, 0.2) is 22.7 Å². The highest BCUT2D eigenvalue weighted by molar-refractivity contribution is 8.06. The van der Waals surface area contributed by atoms with Gasteiger partial charge in [0.15, 0.2) is 5.82 Å². The molecule has 0 amide bonds. The van der Waals surface area contributed by atoms with Gasteiger partial charge in [0.25, 0.3) is 5.89 Å². The van der Waals surface area contributed by atoms with E-state index in [4.69, 9.17) is 4.52 Å². The van der Waals surface area contributed by atoms with Crippen LogP contribution in [0.25, 0.3) is 11.5 Å². The van der Waals surface area contributed by atoms with E-state index < -0.39 is 5.82 Å². The molecule has 2 atom stereocenters. The summed E-state index contributed by atoms with van der Waals surface area (Å²) in [5.41, 5.74) is 0.227. The first-order chi connectivity index (χ1) is 9.65. The Labute approximate surface area is 124 Å². The number of benzene rings is 1. The zero-order valence-electron chi connectivity index (χ0n) is 10.7. The second-order valence-corrected chi connectivity index (χ2v) is 7.22. The molecule has 0 aliphatic carbocycles. The molecule has 0 bridgehead atoms. The first-order valence-electron chi connectivity index (χ1n) is 6.21. The quantitative estimate of drug-likeness (QED) is 0.916. The van der Waals surface area contributed by atoms with E-state index in [1.54, 1.807) is 11.8 Å². The Hall–Kier alpha value is -1.21. The molecule has 20 heavy (non-hydrogen) atoms. The van der Waals surface area contributed by atoms with Crippen LogP contribution in [0.3, 0.4) is 0 Å². The molecule has 1 fully saturated rings. The molecule has 2 heterocycles. The molecule has 2 aromatic rings. The summed E-state index contributed by atoms with van der Waals surface area (Å²) in [6.07, 6.45) is 0. The second-order valence-electron chi connectivity index (χ2n) is 4.49. The molecule has 1 N–H and O–H groups in total. The average Bonchev–Trinajstić information content (AvgIpc) is 2.91. The number of phenols is 1. The van der Waals surface area contributed by atoms with Crippen molar-refractivity contribution in [3.63, 3.8) is 0 Å². The van der Waals surface area contributed by atoms with Crippen LogP contribution in [-0.2, 0) is 0 Å². The van der Waals surface area contributed by atoms with Gasteiger partial charge in [-0.05, 0) is 18.2 Å². The fourth-order valence-electron chi connectivity index (χ4n) is 2.06. The summed E-state index contributed by atoms with van der Waals surface area (Å²) >= 11 is 3.68. The third-order valence-electron chi connectivity index (χ3n) is 3.07. The predicted octanol–water partition coefficient (Wildman–Crippen LogP) is 3.49. The van der Waals surface area contributed by atoms with Crippen LogP contribution in [0.5, 0.6) is 5.75 Å². The minimum Gasteiger partial charge on any atom is -0.507 e. The Morgan fingerprint density at radius 1 is 1.35 bits per heavy atom. The molecule has 2 unspecified atom stereocenters. The van der Waals surface area contributed by atoms with Gasteiger partial charge >= 0.3 is 0 Å². The highest BCUT2D eigenvalue weighted by atomic mass is 32.2. The Kier molecular flexibility index (Phi) is 3.89. The fourth-order valence-corrected chi connectivity index (χ4v) is 4.74. The third-order valence-corrected chi connectivity index (χ3v) is 6.16. The van der Waals surface area contributed by atoms with Gasteiger partial charge in [-0.3, -0.25) is 0 Å². The maximum absolute atomic E-state index is 13.2. The Morgan fingerprint density at radius 2 is 2.15 bits per heavy atom. The van der Waals surface area contributed by atoms with Gasteiger partial charge in [-0.1, -0.05) is 12.1 Å². The monoisotopic (exact) mass is 312 g/mol. The number of phenolic OH excluding ortho intramolecular Hbond substituents is 1. The van der Waals surface area contributed by atoms with Crippen molar-refractivity contribution in [3.05, 3.63) is 29.8 Å². The minimum atomic E-state index is -0.450. The number of nitrogens with zero attached hydrogens (tertiary/aromatic N) is 2. The topological polar surface area (TPSA) is 59.2 Å². The second kappa shape index (κ2) is 5.65. The maximum atomic E-state index is 13.2. The average molecular weight is 312 g/mol. The van der Waals surface area contributed by atoms with Crippen LogP contribution in [0.2, 0.25) is 0 Å². The number of halogens is 1. The SMILES string of the molecule is CC1SCCSC1c1noc(-c2cc(F)ccc2O)n1. The van der Waals surface area contributed by atoms with Crippen molar-refractivity contribution in [2.24, 2.45) is 0 Å². The zero-order valence-corrected chi connectivity index (χ0v) is 12.4. The van der Waals surface area contributed by atoms with Crippen molar-refractivity contribution >= 4 is 23.5 Å². The van der Waals surface area contributed by atoms with E-state index in [1.165, 1.54) is 18.2 Å². The van der Waals surface area contributed by atoms with Crippen LogP contribution >= 0.6 is 23.5 Å². The van der Waals surface area contributed by atoms with Crippen molar-refractivity contribution in [1.82, 2.24) is 10.1 Å². The van der Waals surface area contributed by atoms with Crippen molar-refractivity contribution in [2.45, 2.75) is 17.4 Å². The molecule has 1 saturated heterocycles. The van der Waals surface area contributed by atoms with Gasteiger partial charge in [-0.2, -0.15) is 16.7 Å². The predicted molar refractivity (Wildman–Crippen MR) is 78.5 cm³/mol. The van der Waals surface area contributed by atoms with E-state index in [2.05, 4.69) is 17.1 Å². The summed E-state index contributed by atoms with van der Waals surface area (Å²) < 4.78 is 18.4. The number of thioether (sulfide) groups is 2. The maximum Gasteiger partial charge on any atom is 0.261 e. The zero-order chi connectivity index (χ0) is 14.1. The van der Waals surface area contributed by atoms with E-state index in [1.807, 2.05) is 11.8 Å². The standard InChI is InChI=1S/C13H13FN2O2S2/c1-7-11(20-5-4-19-7)12-15-13(18-16-12)9-6-8(14)2-3-10(9)17/h2-3,6-7,11,17H,4-5H2,1H3. The summed E-state index contributed by atoms with van der Waals surface area (Å²) in [6.45, 7) is 2.14. The first-order valence-corrected chi connectivity index (χ1v) is 8.30. The van der Waals surface area contributed by atoms with Gasteiger partial charge in [0.2, 0.25) is 0 Å². The van der Waals surface area contributed by atoms with Crippen LogP contribution in [0.4, 0.5) is 4.39 Å². The van der Waals surface area contributed by atoms with Crippen molar-refractivity contribution in [1.29, 1.82) is 0 Å². The molecule has 0 spiro atoms. The lowest BCUT2D eigenvalue weighted by atomic mass is 10.2. The summed E-state index contributed by atoms with van der Waals surface area (Å²) in [7, 11) is 0. The Bertz CT molecular complexity index is 620. The number of aromatic nitrogens is 2. The summed E-state index contributed by atoms with van der Waals surface area (Å²) in [5, 5.41) is 14.3. The van der Waals surface area contributed by atoms with E-state index in [0.717, 1.165) is 11.5 Å². The lowest BCUT2D eigenvalue weighted by Gasteiger charge is -2.24. The van der Waals surface area contributed by atoms with Gasteiger partial charge in [0.1, 0.15) is 11.6 Å². The summed E-state index contributed by atoms with van der Waals surface area (Å²) in [4.78, 5) is 4.32. The van der Waals surface area contributed by atoms with Gasteiger partial charge < -0.3 is 9.63 Å². The van der Waals surface area contributed by atoms with Gasteiger partial charge in [0.05, 0.1) is 10.8 Å². The molecule has 4 nitrogen and oxygen atoms in total. The number of hydrogen-bond acceptors (Lipinski definition) is 6. The van der Waals surface area contributed by atoms with Crippen LogP contribution in [0.1, 0.15) is 18.0 Å². The first kappa shape index (κ1) is 13.8. The molecule has 7 heteroatoms. The smallest absolute Gasteiger partial charge is 0.261 e. The molecule has 0 radical (unpaired) electrons. The van der Waals surface area contributed by atoms with E-state index >= 15 is 0 Å². The molecular weight excluding hydrogens is 299 g/mol. The molecular formula is C13H13FN2O2S2. The lowest BCUT2D eigenvalue weighted by Crippen LogP contribution is -2.16. The summed E-state index contributed by atoms with van der Waals surface area (Å²) in [6, 6.07) is 3.66. The van der Waals surface area contributed by atoms with Crippen molar-refractivity contribution < 1.29 is 14.0 Å². The Morgan fingerprint density at radius 3 is 2.95 bits per heavy atom. The summed E-state index contributed by atoms with van der Waals surface area (Å²) in [5.74, 6) is 2.41. The normalized spacial score (nSPS) is 22.9. The van der Waals surface area contributed by atoms with Gasteiger partial charge in [-0.25, -0.2) is 4.39 Å². The largest absolute Gasteiger partial charge is 0.507 e. The molecule has 1 aliphatic rings. The lowest BCUT2D eigenvalue weighted by molar-refractivity contribution is 0.416. The van der Waals surface area contributed by atoms with Crippen LogP contribution < -0.4 is 0 Å². The van der Waals surface area contributed by atoms with Crippen molar-refractivity contribution in [2.75, 3.05) is 11.5 Å². The third kappa shape index (κ3) is 2.64. The molecule has 1 aromatic heterocycles.